The van der Waals surface area contributed by atoms with Crippen molar-refractivity contribution in [3.8, 4) is 11.5 Å². The second kappa shape index (κ2) is 7.24. The molecular formula is C15H26N2O2. The van der Waals surface area contributed by atoms with Crippen LogP contribution in [0.2, 0.25) is 0 Å². The zero-order valence-corrected chi connectivity index (χ0v) is 12.6. The van der Waals surface area contributed by atoms with E-state index in [2.05, 4.69) is 25.8 Å². The third-order valence-electron chi connectivity index (χ3n) is 3.55. The van der Waals surface area contributed by atoms with Crippen LogP contribution in [0, 0.1) is 11.8 Å². The van der Waals surface area contributed by atoms with Crippen LogP contribution in [0.5, 0.6) is 11.5 Å². The molecule has 0 aliphatic rings. The van der Waals surface area contributed by atoms with Crippen LogP contribution in [0.1, 0.15) is 13.8 Å². The maximum absolute atomic E-state index is 5.84. The summed E-state index contributed by atoms with van der Waals surface area (Å²) in [4.78, 5) is 2.19. The van der Waals surface area contributed by atoms with Gasteiger partial charge >= 0.3 is 0 Å². The Kier molecular flexibility index (Phi) is 5.96. The van der Waals surface area contributed by atoms with E-state index in [1.54, 1.807) is 14.2 Å². The zero-order valence-electron chi connectivity index (χ0n) is 12.6. The maximum Gasteiger partial charge on any atom is 0.145 e. The summed E-state index contributed by atoms with van der Waals surface area (Å²) in [6.07, 6.45) is 0. The minimum absolute atomic E-state index is 0.469. The first-order valence-electron chi connectivity index (χ1n) is 6.66. The Morgan fingerprint density at radius 2 is 1.89 bits per heavy atom. The largest absolute Gasteiger partial charge is 0.497 e. The molecule has 0 aliphatic heterocycles. The quantitative estimate of drug-likeness (QED) is 0.823. The third kappa shape index (κ3) is 4.03. The fraction of sp³-hybridized carbons (Fsp3) is 0.600. The van der Waals surface area contributed by atoms with E-state index < -0.39 is 0 Å². The lowest BCUT2D eigenvalue weighted by molar-refractivity contribution is 0.385. The van der Waals surface area contributed by atoms with Crippen molar-refractivity contribution in [1.29, 1.82) is 0 Å². The number of methoxy groups -OCH3 is 2. The molecule has 1 aromatic rings. The van der Waals surface area contributed by atoms with Crippen LogP contribution < -0.4 is 20.1 Å². The van der Waals surface area contributed by atoms with Gasteiger partial charge in [0.2, 0.25) is 0 Å². The van der Waals surface area contributed by atoms with E-state index in [0.717, 1.165) is 23.7 Å². The fourth-order valence-electron chi connectivity index (χ4n) is 2.11. The predicted octanol–water partition coefficient (Wildman–Crippen LogP) is 2.37. The molecule has 0 aliphatic carbocycles. The van der Waals surface area contributed by atoms with Crippen molar-refractivity contribution in [3.05, 3.63) is 18.2 Å². The summed E-state index contributed by atoms with van der Waals surface area (Å²) < 4.78 is 10.6. The molecule has 108 valence electrons. The maximum atomic E-state index is 5.84. The van der Waals surface area contributed by atoms with Crippen molar-refractivity contribution in [2.24, 2.45) is 17.6 Å². The molecule has 0 amide bonds. The zero-order chi connectivity index (χ0) is 14.4. The molecule has 0 bridgehead atoms. The Morgan fingerprint density at radius 1 is 1.21 bits per heavy atom. The van der Waals surface area contributed by atoms with Crippen molar-refractivity contribution in [3.63, 3.8) is 0 Å². The Hall–Kier alpha value is -1.42. The van der Waals surface area contributed by atoms with Gasteiger partial charge in [0.25, 0.3) is 0 Å². The Labute approximate surface area is 116 Å². The van der Waals surface area contributed by atoms with Crippen LogP contribution in [0.25, 0.3) is 0 Å². The predicted molar refractivity (Wildman–Crippen MR) is 80.2 cm³/mol. The molecule has 1 rings (SSSR count). The molecule has 0 spiro atoms. The number of nitrogens with zero attached hydrogens (tertiary/aromatic N) is 1. The molecule has 0 heterocycles. The molecule has 4 heteroatoms. The highest BCUT2D eigenvalue weighted by Crippen LogP contribution is 2.32. The van der Waals surface area contributed by atoms with Gasteiger partial charge in [0.15, 0.2) is 0 Å². The Morgan fingerprint density at radius 3 is 2.37 bits per heavy atom. The van der Waals surface area contributed by atoms with Crippen LogP contribution in [0.15, 0.2) is 18.2 Å². The number of ether oxygens (including phenoxy) is 2. The molecule has 0 radical (unpaired) electrons. The van der Waals surface area contributed by atoms with Gasteiger partial charge in [0.05, 0.1) is 19.9 Å². The van der Waals surface area contributed by atoms with Crippen molar-refractivity contribution in [2.75, 3.05) is 39.3 Å². The van der Waals surface area contributed by atoms with Crippen LogP contribution in [0.3, 0.4) is 0 Å². The van der Waals surface area contributed by atoms with E-state index in [0.29, 0.717) is 18.4 Å². The standard InChI is InChI=1S/C15H26N2O2/c1-11(2)12(9-16)10-17(3)14-7-6-13(18-4)8-15(14)19-5/h6-8,11-12H,9-10,16H2,1-5H3. The van der Waals surface area contributed by atoms with E-state index in [1.807, 2.05) is 18.2 Å². The van der Waals surface area contributed by atoms with Gasteiger partial charge in [-0.2, -0.15) is 0 Å². The minimum Gasteiger partial charge on any atom is -0.497 e. The molecule has 0 saturated carbocycles. The number of anilines is 1. The lowest BCUT2D eigenvalue weighted by Crippen LogP contribution is -2.33. The molecule has 0 fully saturated rings. The summed E-state index contributed by atoms with van der Waals surface area (Å²) in [6, 6.07) is 5.87. The lowest BCUT2D eigenvalue weighted by atomic mass is 9.95. The summed E-state index contributed by atoms with van der Waals surface area (Å²) in [7, 11) is 5.39. The van der Waals surface area contributed by atoms with Gasteiger partial charge in [-0.05, 0) is 30.5 Å². The van der Waals surface area contributed by atoms with E-state index in [1.165, 1.54) is 0 Å². The molecule has 0 aromatic heterocycles. The molecule has 2 N–H and O–H groups in total. The van der Waals surface area contributed by atoms with E-state index in [4.69, 9.17) is 15.2 Å². The number of hydrogen-bond donors (Lipinski definition) is 1. The van der Waals surface area contributed by atoms with Crippen molar-refractivity contribution >= 4 is 5.69 Å². The summed E-state index contributed by atoms with van der Waals surface area (Å²) in [5, 5.41) is 0. The summed E-state index contributed by atoms with van der Waals surface area (Å²) in [6.45, 7) is 6.02. The van der Waals surface area contributed by atoms with Crippen molar-refractivity contribution < 1.29 is 9.47 Å². The van der Waals surface area contributed by atoms with E-state index >= 15 is 0 Å². The number of rotatable bonds is 7. The molecule has 0 saturated heterocycles. The molecule has 1 atom stereocenters. The summed E-state index contributed by atoms with van der Waals surface area (Å²) in [5.41, 5.74) is 6.90. The smallest absolute Gasteiger partial charge is 0.145 e. The van der Waals surface area contributed by atoms with E-state index in [-0.39, 0.29) is 0 Å². The van der Waals surface area contributed by atoms with Gasteiger partial charge in [0.1, 0.15) is 11.5 Å². The first-order chi connectivity index (χ1) is 9.03. The van der Waals surface area contributed by atoms with Crippen molar-refractivity contribution in [2.45, 2.75) is 13.8 Å². The highest BCUT2D eigenvalue weighted by molar-refractivity contribution is 5.60. The van der Waals surface area contributed by atoms with Gasteiger partial charge in [-0.1, -0.05) is 13.8 Å². The highest BCUT2D eigenvalue weighted by Gasteiger charge is 2.16. The fourth-order valence-corrected chi connectivity index (χ4v) is 2.11. The van der Waals surface area contributed by atoms with Crippen LogP contribution in [-0.2, 0) is 0 Å². The summed E-state index contributed by atoms with van der Waals surface area (Å²) >= 11 is 0. The molecule has 1 aromatic carbocycles. The van der Waals surface area contributed by atoms with Crippen LogP contribution in [0.4, 0.5) is 5.69 Å². The summed E-state index contributed by atoms with van der Waals surface area (Å²) in [5.74, 6) is 2.66. The van der Waals surface area contributed by atoms with Gasteiger partial charge in [-0.15, -0.1) is 0 Å². The average molecular weight is 266 g/mol. The van der Waals surface area contributed by atoms with Crippen LogP contribution in [-0.4, -0.2) is 34.4 Å². The number of nitrogens with two attached hydrogens (primary N) is 1. The SMILES string of the molecule is COc1ccc(N(C)CC(CN)C(C)C)c(OC)c1. The first-order valence-corrected chi connectivity index (χ1v) is 6.66. The van der Waals surface area contributed by atoms with Gasteiger partial charge in [-0.3, -0.25) is 0 Å². The molecule has 4 nitrogen and oxygen atoms in total. The van der Waals surface area contributed by atoms with Gasteiger partial charge in [0, 0.05) is 19.7 Å². The normalized spacial score (nSPS) is 12.4. The third-order valence-corrected chi connectivity index (χ3v) is 3.55. The Bertz CT molecular complexity index is 394. The highest BCUT2D eigenvalue weighted by atomic mass is 16.5. The lowest BCUT2D eigenvalue weighted by Gasteiger charge is -2.28. The Balaban J connectivity index is 2.89. The second-order valence-electron chi connectivity index (χ2n) is 5.16. The van der Waals surface area contributed by atoms with Crippen LogP contribution >= 0.6 is 0 Å². The number of benzene rings is 1. The number of hydrogen-bond acceptors (Lipinski definition) is 4. The molecular weight excluding hydrogens is 240 g/mol. The minimum atomic E-state index is 0.469. The van der Waals surface area contributed by atoms with E-state index in [9.17, 15) is 0 Å². The first kappa shape index (κ1) is 15.6. The molecule has 19 heavy (non-hydrogen) atoms. The van der Waals surface area contributed by atoms with Crippen molar-refractivity contribution in [1.82, 2.24) is 0 Å². The molecule has 1 unspecified atom stereocenters. The second-order valence-corrected chi connectivity index (χ2v) is 5.16. The van der Waals surface area contributed by atoms with Gasteiger partial charge < -0.3 is 20.1 Å². The topological polar surface area (TPSA) is 47.7 Å². The monoisotopic (exact) mass is 266 g/mol. The average Bonchev–Trinajstić information content (AvgIpc) is 2.43. The van der Waals surface area contributed by atoms with Gasteiger partial charge in [-0.25, -0.2) is 0 Å².